The van der Waals surface area contributed by atoms with E-state index >= 15 is 0 Å². The van der Waals surface area contributed by atoms with E-state index in [0.717, 1.165) is 0 Å². The molecule has 1 amide bonds. The molecule has 0 fully saturated rings. The van der Waals surface area contributed by atoms with E-state index in [4.69, 9.17) is 5.11 Å². The number of hydrogen-bond donors (Lipinski definition) is 2. The predicted molar refractivity (Wildman–Crippen MR) is 57.9 cm³/mol. The predicted octanol–water partition coefficient (Wildman–Crippen LogP) is 1.48. The first-order valence-electron chi connectivity index (χ1n) is 4.92. The zero-order chi connectivity index (χ0) is 11.2. The Morgan fingerprint density at radius 2 is 2.14 bits per heavy atom. The number of carbonyl (C=O) groups is 1. The van der Waals surface area contributed by atoms with E-state index in [1.54, 1.807) is 0 Å². The fourth-order valence-electron chi connectivity index (χ4n) is 1.02. The van der Waals surface area contributed by atoms with Gasteiger partial charge in [-0.2, -0.15) is 0 Å². The molecule has 0 spiro atoms. The van der Waals surface area contributed by atoms with E-state index in [2.05, 4.69) is 11.9 Å². The van der Waals surface area contributed by atoms with Crippen LogP contribution in [0.4, 0.5) is 0 Å². The van der Waals surface area contributed by atoms with Crippen molar-refractivity contribution < 1.29 is 9.90 Å². The second-order valence-corrected chi connectivity index (χ2v) is 4.68. The van der Waals surface area contributed by atoms with Gasteiger partial charge in [-0.05, 0) is 11.8 Å². The summed E-state index contributed by atoms with van der Waals surface area (Å²) >= 11 is 0. The highest BCUT2D eigenvalue weighted by molar-refractivity contribution is 5.76. The molecule has 0 radical (unpaired) electrons. The summed E-state index contributed by atoms with van der Waals surface area (Å²) in [6.45, 7) is 10.0. The molecule has 0 aliphatic carbocycles. The first kappa shape index (κ1) is 13.2. The molecule has 0 rings (SSSR count). The molecule has 0 aliphatic rings. The first-order valence-corrected chi connectivity index (χ1v) is 4.92. The van der Waals surface area contributed by atoms with E-state index < -0.39 is 6.10 Å². The lowest BCUT2D eigenvalue weighted by molar-refractivity contribution is -0.122. The molecule has 14 heavy (non-hydrogen) atoms. The Morgan fingerprint density at radius 3 is 2.57 bits per heavy atom. The Balaban J connectivity index is 3.60. The molecule has 0 bridgehead atoms. The van der Waals surface area contributed by atoms with E-state index in [1.165, 1.54) is 6.08 Å². The van der Waals surface area contributed by atoms with Crippen LogP contribution in [-0.2, 0) is 4.79 Å². The lowest BCUT2D eigenvalue weighted by Gasteiger charge is -2.17. The summed E-state index contributed by atoms with van der Waals surface area (Å²) in [5.74, 6) is 0.0359. The molecule has 0 unspecified atom stereocenters. The van der Waals surface area contributed by atoms with Crippen molar-refractivity contribution in [1.29, 1.82) is 0 Å². The van der Waals surface area contributed by atoms with Gasteiger partial charge in [-0.15, -0.1) is 6.58 Å². The third-order valence-corrected chi connectivity index (χ3v) is 1.73. The number of aliphatic hydroxyl groups excluding tert-OH is 1. The molecule has 0 aromatic carbocycles. The van der Waals surface area contributed by atoms with Crippen LogP contribution >= 0.6 is 0 Å². The van der Waals surface area contributed by atoms with Crippen LogP contribution in [0, 0.1) is 5.41 Å². The number of rotatable bonds is 5. The Morgan fingerprint density at radius 1 is 1.57 bits per heavy atom. The molecule has 2 N–H and O–H groups in total. The van der Waals surface area contributed by atoms with Crippen LogP contribution < -0.4 is 5.32 Å². The van der Waals surface area contributed by atoms with Crippen LogP contribution in [-0.4, -0.2) is 23.7 Å². The minimum atomic E-state index is -0.523. The van der Waals surface area contributed by atoms with Crippen LogP contribution in [0.1, 0.15) is 33.6 Å². The van der Waals surface area contributed by atoms with E-state index in [0.29, 0.717) is 19.4 Å². The highest BCUT2D eigenvalue weighted by Gasteiger charge is 2.15. The number of aliphatic hydroxyl groups is 1. The van der Waals surface area contributed by atoms with Gasteiger partial charge in [0.2, 0.25) is 5.91 Å². The lowest BCUT2D eigenvalue weighted by atomic mass is 9.92. The summed E-state index contributed by atoms with van der Waals surface area (Å²) in [5, 5.41) is 11.9. The fraction of sp³-hybridized carbons (Fsp3) is 0.727. The second-order valence-electron chi connectivity index (χ2n) is 4.68. The molecule has 0 heterocycles. The Kier molecular flexibility index (Phi) is 5.46. The average molecular weight is 199 g/mol. The summed E-state index contributed by atoms with van der Waals surface area (Å²) < 4.78 is 0. The molecule has 3 heteroatoms. The van der Waals surface area contributed by atoms with Crippen LogP contribution in [0.3, 0.4) is 0 Å². The van der Waals surface area contributed by atoms with Gasteiger partial charge < -0.3 is 10.4 Å². The Labute approximate surface area is 86.2 Å². The van der Waals surface area contributed by atoms with Crippen LogP contribution in [0.2, 0.25) is 0 Å². The zero-order valence-electron chi connectivity index (χ0n) is 9.34. The van der Waals surface area contributed by atoms with Gasteiger partial charge >= 0.3 is 0 Å². The molecule has 0 saturated heterocycles. The minimum absolute atomic E-state index is 0.0150. The second kappa shape index (κ2) is 5.81. The number of nitrogens with one attached hydrogen (secondary N) is 1. The first-order chi connectivity index (χ1) is 6.35. The topological polar surface area (TPSA) is 49.3 Å². The van der Waals surface area contributed by atoms with Crippen molar-refractivity contribution in [2.75, 3.05) is 6.54 Å². The summed E-state index contributed by atoms with van der Waals surface area (Å²) in [4.78, 5) is 11.3. The average Bonchev–Trinajstić information content (AvgIpc) is 2.00. The monoisotopic (exact) mass is 199 g/mol. The van der Waals surface area contributed by atoms with Crippen molar-refractivity contribution in [2.24, 2.45) is 5.41 Å². The van der Waals surface area contributed by atoms with Gasteiger partial charge in [0.15, 0.2) is 0 Å². The zero-order valence-corrected chi connectivity index (χ0v) is 9.34. The smallest absolute Gasteiger partial charge is 0.220 e. The maximum atomic E-state index is 11.3. The molecule has 0 aromatic heterocycles. The maximum Gasteiger partial charge on any atom is 0.220 e. The molecular formula is C11H21NO2. The fourth-order valence-corrected chi connectivity index (χ4v) is 1.02. The minimum Gasteiger partial charge on any atom is -0.389 e. The van der Waals surface area contributed by atoms with E-state index in [1.807, 2.05) is 20.8 Å². The molecule has 3 nitrogen and oxygen atoms in total. The molecule has 1 atom stereocenters. The third-order valence-electron chi connectivity index (χ3n) is 1.73. The normalized spacial score (nSPS) is 13.4. The van der Waals surface area contributed by atoms with Gasteiger partial charge in [-0.1, -0.05) is 26.8 Å². The van der Waals surface area contributed by atoms with Gasteiger partial charge in [0, 0.05) is 13.0 Å². The van der Waals surface area contributed by atoms with Gasteiger partial charge in [0.05, 0.1) is 6.10 Å². The van der Waals surface area contributed by atoms with Gasteiger partial charge in [-0.25, -0.2) is 0 Å². The maximum absolute atomic E-state index is 11.3. The Hall–Kier alpha value is -0.830. The third kappa shape index (κ3) is 7.80. The quantitative estimate of drug-likeness (QED) is 0.659. The summed E-state index contributed by atoms with van der Waals surface area (Å²) in [5.41, 5.74) is 0.0150. The van der Waals surface area contributed by atoms with Gasteiger partial charge in [0.1, 0.15) is 0 Å². The van der Waals surface area contributed by atoms with Crippen molar-refractivity contribution >= 4 is 5.91 Å². The summed E-state index contributed by atoms with van der Waals surface area (Å²) in [7, 11) is 0. The molecule has 0 aliphatic heterocycles. The van der Waals surface area contributed by atoms with Crippen molar-refractivity contribution in [1.82, 2.24) is 5.32 Å². The standard InChI is InChI=1S/C11H21NO2/c1-5-9(13)6-7-12-10(14)8-11(2,3)4/h5,9,13H,1,6-8H2,2-4H3,(H,12,14)/t9-/m1/s1. The van der Waals surface area contributed by atoms with E-state index in [-0.39, 0.29) is 11.3 Å². The summed E-state index contributed by atoms with van der Waals surface area (Å²) in [6.07, 6.45) is 1.98. The van der Waals surface area contributed by atoms with Crippen LogP contribution in [0.5, 0.6) is 0 Å². The van der Waals surface area contributed by atoms with E-state index in [9.17, 15) is 4.79 Å². The van der Waals surface area contributed by atoms with Crippen LogP contribution in [0.15, 0.2) is 12.7 Å². The molecular weight excluding hydrogens is 178 g/mol. The number of hydrogen-bond acceptors (Lipinski definition) is 2. The molecule has 0 saturated carbocycles. The lowest BCUT2D eigenvalue weighted by Crippen LogP contribution is -2.29. The van der Waals surface area contributed by atoms with Crippen molar-refractivity contribution in [3.63, 3.8) is 0 Å². The summed E-state index contributed by atoms with van der Waals surface area (Å²) in [6, 6.07) is 0. The number of amides is 1. The molecule has 82 valence electrons. The Bertz CT molecular complexity index is 194. The van der Waals surface area contributed by atoms with Crippen LogP contribution in [0.25, 0.3) is 0 Å². The largest absolute Gasteiger partial charge is 0.389 e. The highest BCUT2D eigenvalue weighted by atomic mass is 16.3. The van der Waals surface area contributed by atoms with Crippen molar-refractivity contribution in [3.05, 3.63) is 12.7 Å². The highest BCUT2D eigenvalue weighted by Crippen LogP contribution is 2.17. The molecule has 0 aromatic rings. The van der Waals surface area contributed by atoms with Crippen molar-refractivity contribution in [2.45, 2.75) is 39.7 Å². The van der Waals surface area contributed by atoms with Crippen molar-refractivity contribution in [3.8, 4) is 0 Å². The SMILES string of the molecule is C=C[C@@H](O)CCNC(=O)CC(C)(C)C. The number of carbonyl (C=O) groups excluding carboxylic acids is 1. The van der Waals surface area contributed by atoms with Gasteiger partial charge in [-0.3, -0.25) is 4.79 Å². The van der Waals surface area contributed by atoms with Gasteiger partial charge in [0.25, 0.3) is 0 Å².